The maximum Gasteiger partial charge on any atom is 0.311 e. The second kappa shape index (κ2) is 2.67. The van der Waals surface area contributed by atoms with Crippen LogP contribution in [0.25, 0.3) is 0 Å². The Bertz CT molecular complexity index is 267. The third-order valence-corrected chi connectivity index (χ3v) is 1.30. The van der Waals surface area contributed by atoms with E-state index in [9.17, 15) is 10.1 Å². The third kappa shape index (κ3) is 1.35. The Morgan fingerprint density at radius 3 is 2.91 bits per heavy atom. The zero-order valence-electron chi connectivity index (χ0n) is 5.94. The minimum atomic E-state index is -0.512. The molecule has 0 saturated carbocycles. The van der Waals surface area contributed by atoms with E-state index in [-0.39, 0.29) is 5.69 Å². The fourth-order valence-corrected chi connectivity index (χ4v) is 0.770. The standard InChI is InChI=1S/C5H8N4O2/c1-3(6)5-4(9(10)11)2-7-8-5/h2-3H,6H2,1H3,(H,7,8)/t3-/m1/s1. The summed E-state index contributed by atoms with van der Waals surface area (Å²) in [7, 11) is 0. The van der Waals surface area contributed by atoms with Crippen LogP contribution in [0.1, 0.15) is 18.7 Å². The first-order chi connectivity index (χ1) is 5.13. The lowest BCUT2D eigenvalue weighted by atomic mass is 10.2. The Kier molecular flexibility index (Phi) is 1.86. The van der Waals surface area contributed by atoms with E-state index < -0.39 is 11.0 Å². The molecule has 1 aromatic heterocycles. The van der Waals surface area contributed by atoms with Crippen molar-refractivity contribution in [1.29, 1.82) is 0 Å². The maximum atomic E-state index is 10.3. The summed E-state index contributed by atoms with van der Waals surface area (Å²) in [6.07, 6.45) is 1.15. The van der Waals surface area contributed by atoms with Gasteiger partial charge in [0, 0.05) is 0 Å². The van der Waals surface area contributed by atoms with Crippen molar-refractivity contribution in [2.45, 2.75) is 13.0 Å². The van der Waals surface area contributed by atoms with Crippen molar-refractivity contribution in [3.05, 3.63) is 22.0 Å². The van der Waals surface area contributed by atoms with Gasteiger partial charge in [-0.25, -0.2) is 0 Å². The van der Waals surface area contributed by atoms with Crippen LogP contribution in [-0.4, -0.2) is 15.1 Å². The topological polar surface area (TPSA) is 97.8 Å². The Morgan fingerprint density at radius 2 is 2.55 bits per heavy atom. The number of rotatable bonds is 2. The molecule has 1 heterocycles. The first kappa shape index (κ1) is 7.67. The molecule has 0 spiro atoms. The molecule has 6 nitrogen and oxygen atoms in total. The van der Waals surface area contributed by atoms with Crippen molar-refractivity contribution in [1.82, 2.24) is 10.2 Å². The molecule has 0 fully saturated rings. The number of H-pyrrole nitrogens is 1. The van der Waals surface area contributed by atoms with Crippen LogP contribution in [0.3, 0.4) is 0 Å². The summed E-state index contributed by atoms with van der Waals surface area (Å²) in [4.78, 5) is 9.77. The minimum Gasteiger partial charge on any atom is -0.323 e. The van der Waals surface area contributed by atoms with Crippen molar-refractivity contribution in [2.75, 3.05) is 0 Å². The second-order valence-corrected chi connectivity index (χ2v) is 2.21. The van der Waals surface area contributed by atoms with E-state index >= 15 is 0 Å². The van der Waals surface area contributed by atoms with Gasteiger partial charge in [0.05, 0.1) is 11.0 Å². The Hall–Kier alpha value is -1.43. The third-order valence-electron chi connectivity index (χ3n) is 1.30. The van der Waals surface area contributed by atoms with E-state index in [2.05, 4.69) is 10.2 Å². The van der Waals surface area contributed by atoms with Crippen LogP contribution in [0, 0.1) is 10.1 Å². The molecule has 0 aliphatic rings. The predicted molar refractivity (Wildman–Crippen MR) is 37.8 cm³/mol. The Labute approximate surface area is 62.6 Å². The van der Waals surface area contributed by atoms with Crippen molar-refractivity contribution >= 4 is 5.69 Å². The zero-order chi connectivity index (χ0) is 8.43. The number of hydrogen-bond donors (Lipinski definition) is 2. The van der Waals surface area contributed by atoms with Gasteiger partial charge in [-0.3, -0.25) is 15.2 Å². The van der Waals surface area contributed by atoms with Crippen LogP contribution < -0.4 is 5.73 Å². The van der Waals surface area contributed by atoms with Crippen LogP contribution in [0.2, 0.25) is 0 Å². The number of nitrogens with two attached hydrogens (primary N) is 1. The molecule has 0 radical (unpaired) electrons. The molecule has 60 valence electrons. The highest BCUT2D eigenvalue weighted by molar-refractivity contribution is 5.33. The minimum absolute atomic E-state index is 0.0556. The molecule has 0 aromatic carbocycles. The van der Waals surface area contributed by atoms with Crippen LogP contribution in [0.5, 0.6) is 0 Å². The van der Waals surface area contributed by atoms with Gasteiger partial charge < -0.3 is 5.73 Å². The lowest BCUT2D eigenvalue weighted by Gasteiger charge is -1.98. The summed E-state index contributed by atoms with van der Waals surface area (Å²) in [5.74, 6) is 0. The van der Waals surface area contributed by atoms with Gasteiger partial charge in [-0.1, -0.05) is 0 Å². The van der Waals surface area contributed by atoms with Crippen molar-refractivity contribution in [2.24, 2.45) is 5.73 Å². The van der Waals surface area contributed by atoms with E-state index in [1.165, 1.54) is 0 Å². The molecule has 0 aliphatic carbocycles. The van der Waals surface area contributed by atoms with Crippen molar-refractivity contribution in [3.8, 4) is 0 Å². The zero-order valence-corrected chi connectivity index (χ0v) is 5.94. The van der Waals surface area contributed by atoms with E-state index in [0.29, 0.717) is 5.69 Å². The summed E-state index contributed by atoms with van der Waals surface area (Å²) in [5.41, 5.74) is 5.72. The molecule has 1 aromatic rings. The molecule has 1 atom stereocenters. The normalized spacial score (nSPS) is 12.9. The lowest BCUT2D eigenvalue weighted by molar-refractivity contribution is -0.385. The van der Waals surface area contributed by atoms with Crippen LogP contribution in [-0.2, 0) is 0 Å². The molecule has 0 saturated heterocycles. The van der Waals surface area contributed by atoms with Crippen LogP contribution >= 0.6 is 0 Å². The Balaban J connectivity index is 3.06. The maximum absolute atomic E-state index is 10.3. The molecule has 3 N–H and O–H groups in total. The number of nitrogens with zero attached hydrogens (tertiary/aromatic N) is 2. The molecule has 0 amide bonds. The van der Waals surface area contributed by atoms with E-state index in [0.717, 1.165) is 6.20 Å². The first-order valence-corrected chi connectivity index (χ1v) is 3.06. The highest BCUT2D eigenvalue weighted by Crippen LogP contribution is 2.19. The van der Waals surface area contributed by atoms with Gasteiger partial charge in [0.25, 0.3) is 0 Å². The lowest BCUT2D eigenvalue weighted by Crippen LogP contribution is -2.07. The van der Waals surface area contributed by atoms with Gasteiger partial charge in [0.1, 0.15) is 11.9 Å². The molecule has 11 heavy (non-hydrogen) atoms. The highest BCUT2D eigenvalue weighted by atomic mass is 16.6. The second-order valence-electron chi connectivity index (χ2n) is 2.21. The Morgan fingerprint density at radius 1 is 1.91 bits per heavy atom. The number of aromatic amines is 1. The van der Waals surface area contributed by atoms with Crippen molar-refractivity contribution < 1.29 is 4.92 Å². The molecule has 1 rings (SSSR count). The summed E-state index contributed by atoms with van der Waals surface area (Å²) < 4.78 is 0. The summed E-state index contributed by atoms with van der Waals surface area (Å²) in [6.45, 7) is 1.65. The van der Waals surface area contributed by atoms with Gasteiger partial charge in [-0.2, -0.15) is 5.10 Å². The first-order valence-electron chi connectivity index (χ1n) is 3.06. The monoisotopic (exact) mass is 156 g/mol. The van der Waals surface area contributed by atoms with E-state index in [1.54, 1.807) is 6.92 Å². The van der Waals surface area contributed by atoms with Gasteiger partial charge in [0.15, 0.2) is 0 Å². The van der Waals surface area contributed by atoms with E-state index in [4.69, 9.17) is 5.73 Å². The van der Waals surface area contributed by atoms with Crippen molar-refractivity contribution in [3.63, 3.8) is 0 Å². The SMILES string of the molecule is C[C@@H](N)c1[nH]ncc1[N+](=O)[O-]. The molecular weight excluding hydrogens is 148 g/mol. The predicted octanol–water partition coefficient (Wildman–Crippen LogP) is 0.338. The van der Waals surface area contributed by atoms with Gasteiger partial charge in [-0.15, -0.1) is 0 Å². The smallest absolute Gasteiger partial charge is 0.311 e. The summed E-state index contributed by atoms with van der Waals surface area (Å²) >= 11 is 0. The number of aromatic nitrogens is 2. The fraction of sp³-hybridized carbons (Fsp3) is 0.400. The van der Waals surface area contributed by atoms with Gasteiger partial charge in [-0.05, 0) is 6.92 Å². The summed E-state index contributed by atoms with van der Waals surface area (Å²) in [6, 6.07) is -0.391. The highest BCUT2D eigenvalue weighted by Gasteiger charge is 2.18. The molecule has 0 unspecified atom stereocenters. The van der Waals surface area contributed by atoms with Crippen LogP contribution in [0.4, 0.5) is 5.69 Å². The van der Waals surface area contributed by atoms with Crippen LogP contribution in [0.15, 0.2) is 6.20 Å². The fourth-order valence-electron chi connectivity index (χ4n) is 0.770. The molecule has 6 heteroatoms. The van der Waals surface area contributed by atoms with Gasteiger partial charge in [0.2, 0.25) is 0 Å². The largest absolute Gasteiger partial charge is 0.323 e. The summed E-state index contributed by atoms with van der Waals surface area (Å²) in [5, 5.41) is 16.3. The quantitative estimate of drug-likeness (QED) is 0.476. The average Bonchev–Trinajstić information content (AvgIpc) is 2.32. The number of nitrogens with one attached hydrogen (secondary N) is 1. The number of nitro groups is 1. The number of hydrogen-bond acceptors (Lipinski definition) is 4. The van der Waals surface area contributed by atoms with Gasteiger partial charge >= 0.3 is 5.69 Å². The average molecular weight is 156 g/mol. The molecule has 0 aliphatic heterocycles. The molecule has 0 bridgehead atoms. The van der Waals surface area contributed by atoms with E-state index in [1.807, 2.05) is 0 Å². The molecular formula is C5H8N4O2.